The van der Waals surface area contributed by atoms with Gasteiger partial charge in [0.05, 0.1) is 0 Å². The van der Waals surface area contributed by atoms with Crippen molar-refractivity contribution >= 4 is 0 Å². The second-order valence-electron chi connectivity index (χ2n) is 4.30. The molecule has 1 atom stereocenters. The smallest absolute Gasteiger partial charge is 0.126 e. The second-order valence-corrected chi connectivity index (χ2v) is 4.30. The Kier molecular flexibility index (Phi) is 7.57. The van der Waals surface area contributed by atoms with Crippen LogP contribution in [0.3, 0.4) is 0 Å². The van der Waals surface area contributed by atoms with Crippen molar-refractivity contribution in [2.75, 3.05) is 26.9 Å². The van der Waals surface area contributed by atoms with Crippen molar-refractivity contribution in [1.29, 1.82) is 0 Å². The van der Waals surface area contributed by atoms with Crippen LogP contribution in [-0.2, 0) is 15.9 Å². The lowest BCUT2D eigenvalue weighted by molar-refractivity contribution is 0.0983. The quantitative estimate of drug-likeness (QED) is 0.688. The number of halogens is 1. The summed E-state index contributed by atoms with van der Waals surface area (Å²) in [5, 5.41) is 0. The van der Waals surface area contributed by atoms with Gasteiger partial charge in [-0.2, -0.15) is 0 Å². The molecule has 0 radical (unpaired) electrons. The summed E-state index contributed by atoms with van der Waals surface area (Å²) >= 11 is 0. The Labute approximate surface area is 108 Å². The molecule has 1 rings (SSSR count). The van der Waals surface area contributed by atoms with E-state index in [9.17, 15) is 4.39 Å². The van der Waals surface area contributed by atoms with Crippen molar-refractivity contribution < 1.29 is 13.9 Å². The minimum Gasteiger partial charge on any atom is -0.385 e. The van der Waals surface area contributed by atoms with E-state index in [0.29, 0.717) is 31.8 Å². The average Bonchev–Trinajstić information content (AvgIpc) is 2.36. The number of methoxy groups -OCH3 is 1. The van der Waals surface area contributed by atoms with Crippen molar-refractivity contribution in [2.24, 2.45) is 5.73 Å². The van der Waals surface area contributed by atoms with Gasteiger partial charge in [-0.25, -0.2) is 4.39 Å². The van der Waals surface area contributed by atoms with Gasteiger partial charge in [0.25, 0.3) is 0 Å². The summed E-state index contributed by atoms with van der Waals surface area (Å²) in [6.07, 6.45) is 2.18. The van der Waals surface area contributed by atoms with Gasteiger partial charge < -0.3 is 15.2 Å². The maximum atomic E-state index is 13.4. The fraction of sp³-hybridized carbons (Fsp3) is 0.571. The third-order valence-electron chi connectivity index (χ3n) is 2.71. The SMILES string of the molecule is COCCCOCCC(N)Cc1ccccc1F. The minimum atomic E-state index is -0.186. The first-order chi connectivity index (χ1) is 8.74. The summed E-state index contributed by atoms with van der Waals surface area (Å²) in [5.41, 5.74) is 6.61. The third-order valence-corrected chi connectivity index (χ3v) is 2.71. The monoisotopic (exact) mass is 255 g/mol. The predicted molar refractivity (Wildman–Crippen MR) is 70.0 cm³/mol. The first kappa shape index (κ1) is 15.1. The highest BCUT2D eigenvalue weighted by Gasteiger charge is 2.07. The van der Waals surface area contributed by atoms with Gasteiger partial charge in [0, 0.05) is 33.0 Å². The molecule has 0 bridgehead atoms. The Balaban J connectivity index is 2.14. The topological polar surface area (TPSA) is 44.5 Å². The first-order valence-corrected chi connectivity index (χ1v) is 6.29. The maximum Gasteiger partial charge on any atom is 0.126 e. The Bertz CT molecular complexity index is 333. The number of benzene rings is 1. The van der Waals surface area contributed by atoms with Crippen LogP contribution in [0.5, 0.6) is 0 Å². The summed E-state index contributed by atoms with van der Waals surface area (Å²) < 4.78 is 23.7. The van der Waals surface area contributed by atoms with Crippen molar-refractivity contribution in [1.82, 2.24) is 0 Å². The van der Waals surface area contributed by atoms with E-state index in [-0.39, 0.29) is 11.9 Å². The lowest BCUT2D eigenvalue weighted by Crippen LogP contribution is -2.25. The molecule has 0 aliphatic heterocycles. The van der Waals surface area contributed by atoms with Crippen LogP contribution in [-0.4, -0.2) is 33.0 Å². The molecule has 0 saturated heterocycles. The Morgan fingerprint density at radius 2 is 2.00 bits per heavy atom. The zero-order valence-corrected chi connectivity index (χ0v) is 10.9. The number of hydrogen-bond donors (Lipinski definition) is 1. The van der Waals surface area contributed by atoms with Gasteiger partial charge in [-0.05, 0) is 30.9 Å². The summed E-state index contributed by atoms with van der Waals surface area (Å²) in [4.78, 5) is 0. The highest BCUT2D eigenvalue weighted by atomic mass is 19.1. The van der Waals surface area contributed by atoms with E-state index in [1.54, 1.807) is 19.2 Å². The molecule has 1 aromatic carbocycles. The average molecular weight is 255 g/mol. The molecule has 0 aliphatic carbocycles. The summed E-state index contributed by atoms with van der Waals surface area (Å²) in [7, 11) is 1.67. The Hall–Kier alpha value is -0.970. The Morgan fingerprint density at radius 3 is 2.72 bits per heavy atom. The van der Waals surface area contributed by atoms with E-state index < -0.39 is 0 Å². The molecule has 1 unspecified atom stereocenters. The van der Waals surface area contributed by atoms with E-state index in [1.807, 2.05) is 6.07 Å². The first-order valence-electron chi connectivity index (χ1n) is 6.29. The van der Waals surface area contributed by atoms with E-state index in [1.165, 1.54) is 6.07 Å². The van der Waals surface area contributed by atoms with Gasteiger partial charge in [-0.3, -0.25) is 0 Å². The van der Waals surface area contributed by atoms with E-state index in [4.69, 9.17) is 15.2 Å². The molecule has 1 aromatic rings. The zero-order valence-electron chi connectivity index (χ0n) is 10.9. The maximum absolute atomic E-state index is 13.4. The molecular weight excluding hydrogens is 233 g/mol. The van der Waals surface area contributed by atoms with Gasteiger partial charge in [0.2, 0.25) is 0 Å². The molecule has 0 amide bonds. The molecule has 0 aliphatic rings. The summed E-state index contributed by atoms with van der Waals surface area (Å²) in [6.45, 7) is 2.00. The van der Waals surface area contributed by atoms with E-state index in [2.05, 4.69) is 0 Å². The van der Waals surface area contributed by atoms with Crippen LogP contribution in [0.15, 0.2) is 24.3 Å². The number of rotatable bonds is 9. The minimum absolute atomic E-state index is 0.0654. The zero-order chi connectivity index (χ0) is 13.2. The van der Waals surface area contributed by atoms with Gasteiger partial charge in [0.1, 0.15) is 5.82 Å². The number of nitrogens with two attached hydrogens (primary N) is 1. The van der Waals surface area contributed by atoms with Crippen molar-refractivity contribution in [3.63, 3.8) is 0 Å². The highest BCUT2D eigenvalue weighted by Crippen LogP contribution is 2.09. The molecule has 102 valence electrons. The van der Waals surface area contributed by atoms with Gasteiger partial charge in [0.15, 0.2) is 0 Å². The molecule has 0 spiro atoms. The van der Waals surface area contributed by atoms with Gasteiger partial charge in [-0.15, -0.1) is 0 Å². The predicted octanol–water partition coefficient (Wildman–Crippen LogP) is 2.14. The second kappa shape index (κ2) is 9.03. The standard InChI is InChI=1S/C14H22FNO2/c1-17-8-4-9-18-10-7-13(16)11-12-5-2-3-6-14(12)15/h2-3,5-6,13H,4,7-11,16H2,1H3. The van der Waals surface area contributed by atoms with Crippen molar-refractivity contribution in [3.05, 3.63) is 35.6 Å². The van der Waals surface area contributed by atoms with E-state index >= 15 is 0 Å². The van der Waals surface area contributed by atoms with Gasteiger partial charge in [-0.1, -0.05) is 18.2 Å². The van der Waals surface area contributed by atoms with Crippen LogP contribution < -0.4 is 5.73 Å². The van der Waals surface area contributed by atoms with E-state index in [0.717, 1.165) is 12.8 Å². The van der Waals surface area contributed by atoms with Gasteiger partial charge >= 0.3 is 0 Å². The van der Waals surface area contributed by atoms with Crippen LogP contribution in [0.25, 0.3) is 0 Å². The molecular formula is C14H22FNO2. The fourth-order valence-corrected chi connectivity index (χ4v) is 1.69. The van der Waals surface area contributed by atoms with Crippen LogP contribution in [0, 0.1) is 5.82 Å². The molecule has 4 heteroatoms. The van der Waals surface area contributed by atoms with Crippen LogP contribution >= 0.6 is 0 Å². The van der Waals surface area contributed by atoms with Crippen molar-refractivity contribution in [3.8, 4) is 0 Å². The molecule has 3 nitrogen and oxygen atoms in total. The lowest BCUT2D eigenvalue weighted by Gasteiger charge is -2.12. The fourth-order valence-electron chi connectivity index (χ4n) is 1.69. The van der Waals surface area contributed by atoms with Crippen molar-refractivity contribution in [2.45, 2.75) is 25.3 Å². The Morgan fingerprint density at radius 1 is 1.22 bits per heavy atom. The lowest BCUT2D eigenvalue weighted by atomic mass is 10.0. The number of ether oxygens (including phenoxy) is 2. The summed E-state index contributed by atoms with van der Waals surface area (Å²) in [5.74, 6) is -0.186. The van der Waals surface area contributed by atoms with Crippen LogP contribution in [0.2, 0.25) is 0 Å². The molecule has 2 N–H and O–H groups in total. The highest BCUT2D eigenvalue weighted by molar-refractivity contribution is 5.18. The molecule has 0 saturated carbocycles. The normalized spacial score (nSPS) is 12.6. The largest absolute Gasteiger partial charge is 0.385 e. The summed E-state index contributed by atoms with van der Waals surface area (Å²) in [6, 6.07) is 6.68. The third kappa shape index (κ3) is 6.10. The molecule has 0 heterocycles. The molecule has 18 heavy (non-hydrogen) atoms. The molecule has 0 aromatic heterocycles. The van der Waals surface area contributed by atoms with Crippen LogP contribution in [0.1, 0.15) is 18.4 Å². The molecule has 0 fully saturated rings. The number of hydrogen-bond acceptors (Lipinski definition) is 3. The van der Waals surface area contributed by atoms with Crippen LogP contribution in [0.4, 0.5) is 4.39 Å².